The van der Waals surface area contributed by atoms with Gasteiger partial charge in [-0.05, 0) is 116 Å². The molecule has 0 saturated heterocycles. The first-order valence-corrected chi connectivity index (χ1v) is 30.4. The molecule has 0 bridgehead atoms. The standard InChI is InChI=1S/C65H114O6/c1-4-7-10-13-16-19-22-25-28-30-32-34-37-40-43-46-49-52-55-58-64(67)70-61-62(60-69-63(66)57-54-51-48-45-42-39-36-27-24-21-18-15-12-9-6-3)71-65(68)59-56-53-50-47-44-41-38-35-33-31-29-26-23-20-17-14-11-8-5-2/h16-17,19-20,25-29,32,34,36,62H,4-15,18,21-24,30-31,33,35,37-61H2,1-3H3/b19-16-,20-17-,28-25-,29-26-,34-32-,36-27-. The lowest BCUT2D eigenvalue weighted by Gasteiger charge is -2.18. The minimum atomic E-state index is -0.788. The summed E-state index contributed by atoms with van der Waals surface area (Å²) in [6.07, 6.45) is 76.0. The van der Waals surface area contributed by atoms with Crippen molar-refractivity contribution in [2.75, 3.05) is 13.2 Å². The highest BCUT2D eigenvalue weighted by molar-refractivity contribution is 5.71. The van der Waals surface area contributed by atoms with E-state index in [9.17, 15) is 14.4 Å². The zero-order valence-electron chi connectivity index (χ0n) is 47.0. The van der Waals surface area contributed by atoms with Gasteiger partial charge in [0.2, 0.25) is 0 Å². The lowest BCUT2D eigenvalue weighted by molar-refractivity contribution is -0.167. The van der Waals surface area contributed by atoms with Gasteiger partial charge in [-0.2, -0.15) is 0 Å². The predicted molar refractivity (Wildman–Crippen MR) is 307 cm³/mol. The highest BCUT2D eigenvalue weighted by Crippen LogP contribution is 2.15. The van der Waals surface area contributed by atoms with E-state index in [1.165, 1.54) is 173 Å². The lowest BCUT2D eigenvalue weighted by atomic mass is 10.1. The topological polar surface area (TPSA) is 78.9 Å². The molecule has 0 amide bonds. The van der Waals surface area contributed by atoms with Gasteiger partial charge in [0, 0.05) is 19.3 Å². The number of hydrogen-bond donors (Lipinski definition) is 0. The molecule has 0 heterocycles. The van der Waals surface area contributed by atoms with E-state index in [1.807, 2.05) is 0 Å². The first-order valence-electron chi connectivity index (χ1n) is 30.4. The SMILES string of the molecule is CCCCC/C=C\C/C=C\C/C=C\CCCCCCCCC(=O)OCC(COC(=O)CCCCCCC/C=C\CCCCCCCC)OC(=O)CCCCCCCCCCC/C=C\C/C=C\CCCCC. The number of unbranched alkanes of at least 4 members (excludes halogenated alkanes) is 32. The fourth-order valence-electron chi connectivity index (χ4n) is 8.53. The van der Waals surface area contributed by atoms with Crippen LogP contribution >= 0.6 is 0 Å². The third kappa shape index (κ3) is 57.6. The average molecular weight is 992 g/mol. The molecule has 0 aromatic rings. The molecule has 71 heavy (non-hydrogen) atoms. The van der Waals surface area contributed by atoms with Gasteiger partial charge in [0.15, 0.2) is 6.10 Å². The molecule has 6 nitrogen and oxygen atoms in total. The molecular formula is C65H114O6. The molecule has 0 radical (unpaired) electrons. The van der Waals surface area contributed by atoms with Gasteiger partial charge in [0.25, 0.3) is 0 Å². The summed E-state index contributed by atoms with van der Waals surface area (Å²) >= 11 is 0. The highest BCUT2D eigenvalue weighted by atomic mass is 16.6. The van der Waals surface area contributed by atoms with Gasteiger partial charge in [-0.3, -0.25) is 14.4 Å². The molecule has 0 aliphatic rings. The van der Waals surface area contributed by atoms with Crippen LogP contribution in [0.25, 0.3) is 0 Å². The molecule has 0 aromatic carbocycles. The second-order valence-electron chi connectivity index (χ2n) is 20.2. The van der Waals surface area contributed by atoms with Crippen LogP contribution in [0, 0.1) is 0 Å². The summed E-state index contributed by atoms with van der Waals surface area (Å²) in [7, 11) is 0. The maximum absolute atomic E-state index is 12.9. The number of rotatable bonds is 55. The second-order valence-corrected chi connectivity index (χ2v) is 20.2. The Morgan fingerprint density at radius 3 is 0.831 bits per heavy atom. The Labute approximate surface area is 440 Å². The van der Waals surface area contributed by atoms with E-state index >= 15 is 0 Å². The minimum Gasteiger partial charge on any atom is -0.462 e. The van der Waals surface area contributed by atoms with Crippen molar-refractivity contribution >= 4 is 17.9 Å². The Balaban J connectivity index is 4.41. The van der Waals surface area contributed by atoms with E-state index in [4.69, 9.17) is 14.2 Å². The van der Waals surface area contributed by atoms with E-state index in [2.05, 4.69) is 93.7 Å². The van der Waals surface area contributed by atoms with Crippen molar-refractivity contribution in [1.29, 1.82) is 0 Å². The van der Waals surface area contributed by atoms with Crippen molar-refractivity contribution in [3.63, 3.8) is 0 Å². The van der Waals surface area contributed by atoms with Gasteiger partial charge >= 0.3 is 17.9 Å². The number of ether oxygens (including phenoxy) is 3. The third-order valence-corrected chi connectivity index (χ3v) is 13.2. The van der Waals surface area contributed by atoms with Gasteiger partial charge in [-0.1, -0.05) is 241 Å². The lowest BCUT2D eigenvalue weighted by Crippen LogP contribution is -2.30. The van der Waals surface area contributed by atoms with E-state index in [0.29, 0.717) is 19.3 Å². The molecule has 6 heteroatoms. The molecule has 0 N–H and O–H groups in total. The summed E-state index contributed by atoms with van der Waals surface area (Å²) in [6.45, 7) is 6.59. The van der Waals surface area contributed by atoms with Crippen LogP contribution in [0.5, 0.6) is 0 Å². The van der Waals surface area contributed by atoms with Crippen LogP contribution in [-0.4, -0.2) is 37.2 Å². The Kier molecular flexibility index (Phi) is 56.8. The zero-order valence-corrected chi connectivity index (χ0v) is 47.0. The van der Waals surface area contributed by atoms with Crippen LogP contribution in [0.4, 0.5) is 0 Å². The van der Waals surface area contributed by atoms with Crippen molar-refractivity contribution in [1.82, 2.24) is 0 Å². The first kappa shape index (κ1) is 67.8. The smallest absolute Gasteiger partial charge is 0.306 e. The van der Waals surface area contributed by atoms with Crippen LogP contribution < -0.4 is 0 Å². The maximum atomic E-state index is 12.9. The van der Waals surface area contributed by atoms with Crippen LogP contribution in [0.15, 0.2) is 72.9 Å². The van der Waals surface area contributed by atoms with Gasteiger partial charge < -0.3 is 14.2 Å². The summed E-state index contributed by atoms with van der Waals surface area (Å²) in [5, 5.41) is 0. The summed E-state index contributed by atoms with van der Waals surface area (Å²) in [5.74, 6) is -0.898. The monoisotopic (exact) mass is 991 g/mol. The van der Waals surface area contributed by atoms with Gasteiger partial charge in [0.05, 0.1) is 0 Å². The molecule has 0 aliphatic carbocycles. The summed E-state index contributed by atoms with van der Waals surface area (Å²) in [6, 6.07) is 0. The molecule has 1 unspecified atom stereocenters. The number of carbonyl (C=O) groups excluding carboxylic acids is 3. The Morgan fingerprint density at radius 2 is 0.507 bits per heavy atom. The van der Waals surface area contributed by atoms with Crippen LogP contribution in [-0.2, 0) is 28.6 Å². The fraction of sp³-hybridized carbons (Fsp3) is 0.769. The summed E-state index contributed by atoms with van der Waals surface area (Å²) in [5.41, 5.74) is 0. The van der Waals surface area contributed by atoms with E-state index in [0.717, 1.165) is 89.9 Å². The van der Waals surface area contributed by atoms with E-state index < -0.39 is 6.10 Å². The largest absolute Gasteiger partial charge is 0.462 e. The second kappa shape index (κ2) is 59.4. The van der Waals surface area contributed by atoms with Crippen molar-refractivity contribution in [3.05, 3.63) is 72.9 Å². The van der Waals surface area contributed by atoms with Crippen molar-refractivity contribution in [3.8, 4) is 0 Å². The van der Waals surface area contributed by atoms with Gasteiger partial charge in [-0.15, -0.1) is 0 Å². The normalized spacial score (nSPS) is 12.5. The molecule has 0 fully saturated rings. The van der Waals surface area contributed by atoms with Gasteiger partial charge in [0.1, 0.15) is 13.2 Å². The number of carbonyl (C=O) groups is 3. The Bertz CT molecular complexity index is 1320. The highest BCUT2D eigenvalue weighted by Gasteiger charge is 2.19. The summed E-state index contributed by atoms with van der Waals surface area (Å²) < 4.78 is 16.9. The Hall–Kier alpha value is -3.15. The number of hydrogen-bond acceptors (Lipinski definition) is 6. The molecule has 0 rings (SSSR count). The van der Waals surface area contributed by atoms with E-state index in [-0.39, 0.29) is 31.1 Å². The van der Waals surface area contributed by atoms with Crippen molar-refractivity contribution < 1.29 is 28.6 Å². The number of esters is 3. The molecule has 0 spiro atoms. The molecule has 410 valence electrons. The van der Waals surface area contributed by atoms with Crippen molar-refractivity contribution in [2.24, 2.45) is 0 Å². The zero-order chi connectivity index (χ0) is 51.4. The molecule has 0 aromatic heterocycles. The molecular weight excluding hydrogens is 877 g/mol. The maximum Gasteiger partial charge on any atom is 0.306 e. The summed E-state index contributed by atoms with van der Waals surface area (Å²) in [4.78, 5) is 38.3. The molecule has 0 aliphatic heterocycles. The van der Waals surface area contributed by atoms with Crippen LogP contribution in [0.1, 0.15) is 303 Å². The molecule has 0 saturated carbocycles. The van der Waals surface area contributed by atoms with Crippen LogP contribution in [0.2, 0.25) is 0 Å². The quantitative estimate of drug-likeness (QED) is 0.0261. The minimum absolute atomic E-state index is 0.0848. The first-order chi connectivity index (χ1) is 35.0. The number of allylic oxidation sites excluding steroid dienone is 12. The Morgan fingerprint density at radius 1 is 0.282 bits per heavy atom. The van der Waals surface area contributed by atoms with Crippen LogP contribution in [0.3, 0.4) is 0 Å². The third-order valence-electron chi connectivity index (χ3n) is 13.2. The van der Waals surface area contributed by atoms with Crippen molar-refractivity contribution in [2.45, 2.75) is 309 Å². The average Bonchev–Trinajstić information content (AvgIpc) is 3.37. The van der Waals surface area contributed by atoms with Gasteiger partial charge in [-0.25, -0.2) is 0 Å². The molecule has 1 atom stereocenters. The predicted octanol–water partition coefficient (Wildman–Crippen LogP) is 20.5. The van der Waals surface area contributed by atoms with E-state index in [1.54, 1.807) is 0 Å². The fourth-order valence-corrected chi connectivity index (χ4v) is 8.53.